The van der Waals surface area contributed by atoms with Crippen LogP contribution in [0.3, 0.4) is 0 Å². The third kappa shape index (κ3) is 4.68. The summed E-state index contributed by atoms with van der Waals surface area (Å²) in [7, 11) is 0. The molecule has 142 valence electrons. The second kappa shape index (κ2) is 8.43. The minimum absolute atomic E-state index is 0.0819. The Hall–Kier alpha value is -2.24. The lowest BCUT2D eigenvalue weighted by atomic mass is 9.99. The van der Waals surface area contributed by atoms with E-state index in [1.807, 2.05) is 17.0 Å². The maximum Gasteiger partial charge on any atom is 0.241 e. The molecule has 6 heteroatoms. The summed E-state index contributed by atoms with van der Waals surface area (Å²) in [5, 5.41) is 3.22. The van der Waals surface area contributed by atoms with Crippen molar-refractivity contribution in [3.05, 3.63) is 24.3 Å². The van der Waals surface area contributed by atoms with Crippen LogP contribution in [0.2, 0.25) is 0 Å². The van der Waals surface area contributed by atoms with Crippen molar-refractivity contribution in [2.24, 2.45) is 5.92 Å². The van der Waals surface area contributed by atoms with Gasteiger partial charge in [-0.05, 0) is 43.0 Å². The van der Waals surface area contributed by atoms with Crippen LogP contribution in [0.25, 0.3) is 0 Å². The summed E-state index contributed by atoms with van der Waals surface area (Å²) in [6, 6.07) is 8.37. The zero-order valence-corrected chi connectivity index (χ0v) is 15.9. The van der Waals surface area contributed by atoms with Crippen molar-refractivity contribution in [3.63, 3.8) is 0 Å². The fraction of sp³-hybridized carbons (Fsp3) is 0.600. The predicted octanol–water partition coefficient (Wildman–Crippen LogP) is 2.03. The molecule has 2 fully saturated rings. The van der Waals surface area contributed by atoms with E-state index >= 15 is 0 Å². The summed E-state index contributed by atoms with van der Waals surface area (Å²) in [4.78, 5) is 29.7. The van der Waals surface area contributed by atoms with Crippen molar-refractivity contribution in [3.8, 4) is 0 Å². The maximum absolute atomic E-state index is 12.3. The summed E-state index contributed by atoms with van der Waals surface area (Å²) in [6.07, 6.45) is 2.51. The van der Waals surface area contributed by atoms with Crippen LogP contribution in [0, 0.1) is 5.92 Å². The number of amides is 2. The van der Waals surface area contributed by atoms with E-state index in [-0.39, 0.29) is 11.8 Å². The first kappa shape index (κ1) is 18.5. The Morgan fingerprint density at radius 1 is 0.962 bits per heavy atom. The highest BCUT2D eigenvalue weighted by atomic mass is 16.2. The molecule has 26 heavy (non-hydrogen) atoms. The Balaban J connectivity index is 1.44. The van der Waals surface area contributed by atoms with E-state index < -0.39 is 0 Å². The number of nitrogens with one attached hydrogen (secondary N) is 1. The monoisotopic (exact) mass is 358 g/mol. The highest BCUT2D eigenvalue weighted by molar-refractivity contribution is 5.81. The first-order valence-electron chi connectivity index (χ1n) is 9.65. The first-order chi connectivity index (χ1) is 12.5. The molecule has 6 nitrogen and oxygen atoms in total. The Kier molecular flexibility index (Phi) is 6.01. The van der Waals surface area contributed by atoms with Gasteiger partial charge in [-0.15, -0.1) is 0 Å². The second-order valence-electron chi connectivity index (χ2n) is 7.46. The summed E-state index contributed by atoms with van der Waals surface area (Å²) >= 11 is 0. The lowest BCUT2D eigenvalue weighted by Crippen LogP contribution is -2.51. The summed E-state index contributed by atoms with van der Waals surface area (Å²) in [6.45, 7) is 8.93. The average Bonchev–Trinajstić information content (AvgIpc) is 2.67. The molecule has 0 radical (unpaired) electrons. The molecule has 0 atom stereocenters. The van der Waals surface area contributed by atoms with E-state index in [0.29, 0.717) is 32.7 Å². The quantitative estimate of drug-likeness (QED) is 0.895. The van der Waals surface area contributed by atoms with Gasteiger partial charge in [0.05, 0.1) is 6.54 Å². The van der Waals surface area contributed by atoms with Gasteiger partial charge in [0.15, 0.2) is 0 Å². The molecule has 2 amide bonds. The number of carbonyl (C=O) groups excluding carboxylic acids is 2. The van der Waals surface area contributed by atoms with Gasteiger partial charge in [-0.2, -0.15) is 0 Å². The molecule has 0 aliphatic carbocycles. The van der Waals surface area contributed by atoms with Gasteiger partial charge in [-0.25, -0.2) is 0 Å². The van der Waals surface area contributed by atoms with Crippen molar-refractivity contribution >= 4 is 23.2 Å². The molecule has 0 aromatic heterocycles. The molecule has 2 aliphatic heterocycles. The summed E-state index contributed by atoms with van der Waals surface area (Å²) in [5.74, 6) is 0.997. The fourth-order valence-corrected chi connectivity index (χ4v) is 3.62. The zero-order valence-electron chi connectivity index (χ0n) is 15.9. The van der Waals surface area contributed by atoms with Gasteiger partial charge >= 0.3 is 0 Å². The van der Waals surface area contributed by atoms with E-state index in [9.17, 15) is 9.59 Å². The van der Waals surface area contributed by atoms with Gasteiger partial charge in [0.1, 0.15) is 0 Å². The highest BCUT2D eigenvalue weighted by Gasteiger charge is 2.22. The number of anilines is 2. The second-order valence-corrected chi connectivity index (χ2v) is 7.46. The normalized spacial score (nSPS) is 18.8. The van der Waals surface area contributed by atoms with Gasteiger partial charge in [-0.1, -0.05) is 6.92 Å². The smallest absolute Gasteiger partial charge is 0.241 e. The fourth-order valence-electron chi connectivity index (χ4n) is 3.62. The van der Waals surface area contributed by atoms with Crippen LogP contribution in [-0.2, 0) is 9.59 Å². The van der Waals surface area contributed by atoms with Crippen LogP contribution < -0.4 is 10.2 Å². The Bertz CT molecular complexity index is 615. The summed E-state index contributed by atoms with van der Waals surface area (Å²) < 4.78 is 0. The van der Waals surface area contributed by atoms with Crippen LogP contribution in [0.4, 0.5) is 11.4 Å². The van der Waals surface area contributed by atoms with Gasteiger partial charge in [-0.3, -0.25) is 9.59 Å². The van der Waals surface area contributed by atoms with Crippen molar-refractivity contribution in [2.75, 3.05) is 56.0 Å². The van der Waals surface area contributed by atoms with Crippen molar-refractivity contribution in [2.45, 2.75) is 26.7 Å². The molecule has 0 bridgehead atoms. The molecule has 2 aliphatic rings. The minimum Gasteiger partial charge on any atom is -0.376 e. The van der Waals surface area contributed by atoms with Gasteiger partial charge in [0, 0.05) is 57.6 Å². The molecule has 0 unspecified atom stereocenters. The van der Waals surface area contributed by atoms with E-state index in [0.717, 1.165) is 24.7 Å². The average molecular weight is 358 g/mol. The lowest BCUT2D eigenvalue weighted by molar-refractivity contribution is -0.137. The van der Waals surface area contributed by atoms with E-state index in [1.54, 1.807) is 11.8 Å². The number of piperidine rings is 1. The molecule has 3 rings (SSSR count). The van der Waals surface area contributed by atoms with Gasteiger partial charge < -0.3 is 20.0 Å². The molecule has 1 N–H and O–H groups in total. The van der Waals surface area contributed by atoms with Crippen molar-refractivity contribution in [1.82, 2.24) is 9.80 Å². The predicted molar refractivity (Wildman–Crippen MR) is 104 cm³/mol. The topological polar surface area (TPSA) is 55.9 Å². The van der Waals surface area contributed by atoms with E-state index in [1.165, 1.54) is 18.5 Å². The maximum atomic E-state index is 12.3. The Labute approximate surface area is 156 Å². The summed E-state index contributed by atoms with van der Waals surface area (Å²) in [5.41, 5.74) is 2.23. The van der Waals surface area contributed by atoms with Crippen LogP contribution in [-0.4, -0.2) is 67.4 Å². The number of benzene rings is 1. The standard InChI is InChI=1S/C20H30N4O2/c1-16-7-9-23(10-8-16)19-5-3-18(4-6-19)21-15-20(26)24-13-11-22(12-14-24)17(2)25/h3-6,16,21H,7-15H2,1-2H3. The van der Waals surface area contributed by atoms with Crippen LogP contribution >= 0.6 is 0 Å². The van der Waals surface area contributed by atoms with Gasteiger partial charge in [0.25, 0.3) is 0 Å². The highest BCUT2D eigenvalue weighted by Crippen LogP contribution is 2.24. The largest absolute Gasteiger partial charge is 0.376 e. The molecule has 2 saturated heterocycles. The van der Waals surface area contributed by atoms with Gasteiger partial charge in [0.2, 0.25) is 11.8 Å². The van der Waals surface area contributed by atoms with E-state index in [4.69, 9.17) is 0 Å². The lowest BCUT2D eigenvalue weighted by Gasteiger charge is -2.34. The molecule has 2 heterocycles. The molecule has 0 saturated carbocycles. The third-order valence-corrected chi connectivity index (χ3v) is 5.54. The van der Waals surface area contributed by atoms with E-state index in [2.05, 4.69) is 29.3 Å². The number of rotatable bonds is 4. The Morgan fingerprint density at radius 3 is 2.12 bits per heavy atom. The molecular weight excluding hydrogens is 328 g/mol. The van der Waals surface area contributed by atoms with Crippen LogP contribution in [0.15, 0.2) is 24.3 Å². The number of nitrogens with zero attached hydrogens (tertiary/aromatic N) is 3. The molecule has 1 aromatic rings. The first-order valence-corrected chi connectivity index (χ1v) is 9.65. The zero-order chi connectivity index (χ0) is 18.5. The number of hydrogen-bond acceptors (Lipinski definition) is 4. The Morgan fingerprint density at radius 2 is 1.54 bits per heavy atom. The molecule has 0 spiro atoms. The molecular formula is C20H30N4O2. The van der Waals surface area contributed by atoms with Crippen LogP contribution in [0.1, 0.15) is 26.7 Å². The number of piperazine rings is 1. The minimum atomic E-state index is 0.0819. The van der Waals surface area contributed by atoms with Crippen molar-refractivity contribution in [1.29, 1.82) is 0 Å². The number of carbonyl (C=O) groups is 2. The number of hydrogen-bond donors (Lipinski definition) is 1. The third-order valence-electron chi connectivity index (χ3n) is 5.54. The van der Waals surface area contributed by atoms with Crippen LogP contribution in [0.5, 0.6) is 0 Å². The molecule has 1 aromatic carbocycles. The van der Waals surface area contributed by atoms with Crippen molar-refractivity contribution < 1.29 is 9.59 Å². The SMILES string of the molecule is CC(=O)N1CCN(C(=O)CNc2ccc(N3CCC(C)CC3)cc2)CC1.